The Morgan fingerprint density at radius 1 is 0.929 bits per heavy atom. The van der Waals surface area contributed by atoms with E-state index in [-0.39, 0.29) is 31.7 Å². The van der Waals surface area contributed by atoms with Gasteiger partial charge in [-0.1, -0.05) is 35.1 Å². The van der Waals surface area contributed by atoms with Crippen molar-refractivity contribution in [1.82, 2.24) is 16.0 Å². The molecule has 0 aromatic heterocycles. The molecule has 0 aliphatic heterocycles. The molecule has 3 amide bonds. The molecule has 0 aromatic rings. The summed E-state index contributed by atoms with van der Waals surface area (Å²) in [4.78, 5) is 35.8. The van der Waals surface area contributed by atoms with Gasteiger partial charge in [-0.05, 0) is 50.5 Å². The lowest BCUT2D eigenvalue weighted by atomic mass is 10.0. The van der Waals surface area contributed by atoms with Gasteiger partial charge in [0.15, 0.2) is 0 Å². The molecule has 8 nitrogen and oxygen atoms in total. The first kappa shape index (κ1) is 31.2. The lowest BCUT2D eigenvalue weighted by molar-refractivity contribution is -0.139. The van der Waals surface area contributed by atoms with Crippen molar-refractivity contribution in [3.05, 3.63) is 0 Å². The molecular formula is C19H41ClN4O4. The van der Waals surface area contributed by atoms with Gasteiger partial charge in [0.25, 0.3) is 0 Å². The van der Waals surface area contributed by atoms with Crippen LogP contribution in [0.2, 0.25) is 0 Å². The lowest BCUT2D eigenvalue weighted by Crippen LogP contribution is -2.53. The molecule has 0 heterocycles. The summed E-state index contributed by atoms with van der Waals surface area (Å²) in [6, 6.07) is -2.33. The number of carbonyl (C=O) groups is 3. The van der Waals surface area contributed by atoms with E-state index in [0.717, 1.165) is 6.42 Å². The van der Waals surface area contributed by atoms with Crippen LogP contribution in [0.15, 0.2) is 0 Å². The monoisotopic (exact) mass is 424 g/mol. The quantitative estimate of drug-likeness (QED) is 0.289. The van der Waals surface area contributed by atoms with Crippen molar-refractivity contribution in [2.45, 2.75) is 79.3 Å². The van der Waals surface area contributed by atoms with Crippen LogP contribution in [0.3, 0.4) is 0 Å². The summed E-state index contributed by atoms with van der Waals surface area (Å²) in [6.45, 7) is 9.08. The molecule has 0 unspecified atom stereocenters. The standard InChI is InChI=1S/C18H36N4O4.CH4.ClH/c1-12(2)8-10-20-16(23)15(11-13(3)4)22-18(26)21-14(17(24)25)7-5-6-9-19;;/h12-15H,5-11,19H2,1-4H3,(H,20,23)(H,24,25)(H2,21,22,26);1H4;1H/t14-,15+;;/m0../s1. The minimum atomic E-state index is -1.10. The molecule has 0 aliphatic rings. The van der Waals surface area contributed by atoms with Gasteiger partial charge in [0.05, 0.1) is 0 Å². The molecule has 0 rings (SSSR count). The number of carboxylic acids is 1. The van der Waals surface area contributed by atoms with Gasteiger partial charge in [-0.15, -0.1) is 12.4 Å². The number of amides is 3. The van der Waals surface area contributed by atoms with Gasteiger partial charge in [-0.25, -0.2) is 9.59 Å². The Morgan fingerprint density at radius 3 is 1.96 bits per heavy atom. The van der Waals surface area contributed by atoms with E-state index in [1.54, 1.807) is 0 Å². The Kier molecular flexibility index (Phi) is 19.5. The Balaban J connectivity index is -0.00000312. The number of nitrogens with one attached hydrogen (secondary N) is 3. The average molecular weight is 425 g/mol. The van der Waals surface area contributed by atoms with Crippen LogP contribution in [0.25, 0.3) is 0 Å². The lowest BCUT2D eigenvalue weighted by Gasteiger charge is -2.22. The smallest absolute Gasteiger partial charge is 0.326 e. The second kappa shape index (κ2) is 17.6. The fourth-order valence-electron chi connectivity index (χ4n) is 2.42. The van der Waals surface area contributed by atoms with Crippen LogP contribution in [0, 0.1) is 11.8 Å². The third-order valence-corrected chi connectivity index (χ3v) is 3.90. The normalized spacial score (nSPS) is 12.4. The number of carboxylic acid groups (broad SMARTS) is 1. The third kappa shape index (κ3) is 15.5. The number of unbranched alkanes of at least 4 members (excludes halogenated alkanes) is 1. The highest BCUT2D eigenvalue weighted by Crippen LogP contribution is 2.06. The third-order valence-electron chi connectivity index (χ3n) is 3.90. The molecule has 0 saturated carbocycles. The molecule has 0 bridgehead atoms. The van der Waals surface area contributed by atoms with Gasteiger partial charge >= 0.3 is 12.0 Å². The van der Waals surface area contributed by atoms with Crippen LogP contribution in [-0.4, -0.2) is 48.2 Å². The first-order valence-corrected chi connectivity index (χ1v) is 9.44. The van der Waals surface area contributed by atoms with Crippen LogP contribution >= 0.6 is 12.4 Å². The van der Waals surface area contributed by atoms with Crippen LogP contribution in [0.4, 0.5) is 4.79 Å². The fourth-order valence-corrected chi connectivity index (χ4v) is 2.42. The molecule has 0 fully saturated rings. The van der Waals surface area contributed by atoms with Crippen molar-refractivity contribution in [1.29, 1.82) is 0 Å². The number of aliphatic carboxylic acids is 1. The number of rotatable bonds is 13. The fraction of sp³-hybridized carbons (Fsp3) is 0.842. The highest BCUT2D eigenvalue weighted by molar-refractivity contribution is 5.88. The van der Waals surface area contributed by atoms with Crippen molar-refractivity contribution in [2.75, 3.05) is 13.1 Å². The zero-order valence-corrected chi connectivity index (χ0v) is 17.7. The minimum absolute atomic E-state index is 0. The van der Waals surface area contributed by atoms with Gasteiger partial charge in [0.1, 0.15) is 12.1 Å². The molecule has 0 radical (unpaired) electrons. The number of nitrogens with two attached hydrogens (primary N) is 1. The van der Waals surface area contributed by atoms with E-state index < -0.39 is 24.1 Å². The maximum Gasteiger partial charge on any atom is 0.326 e. The molecule has 0 spiro atoms. The van der Waals surface area contributed by atoms with Crippen LogP contribution in [-0.2, 0) is 9.59 Å². The highest BCUT2D eigenvalue weighted by atomic mass is 35.5. The maximum atomic E-state index is 12.3. The summed E-state index contributed by atoms with van der Waals surface area (Å²) in [5, 5.41) is 17.1. The molecule has 168 valence electrons. The van der Waals surface area contributed by atoms with E-state index in [1.165, 1.54) is 0 Å². The SMILES string of the molecule is C.CC(C)CCNC(=O)[C@@H](CC(C)C)NC(=O)N[C@@H](CCCCN)C(=O)O.Cl. The minimum Gasteiger partial charge on any atom is -0.480 e. The first-order valence-electron chi connectivity index (χ1n) is 9.44. The average Bonchev–Trinajstić information content (AvgIpc) is 2.52. The predicted octanol–water partition coefficient (Wildman–Crippen LogP) is 2.50. The van der Waals surface area contributed by atoms with E-state index in [2.05, 4.69) is 29.8 Å². The van der Waals surface area contributed by atoms with Gasteiger partial charge in [0.2, 0.25) is 5.91 Å². The molecule has 28 heavy (non-hydrogen) atoms. The van der Waals surface area contributed by atoms with Gasteiger partial charge in [0, 0.05) is 6.54 Å². The summed E-state index contributed by atoms with van der Waals surface area (Å²) >= 11 is 0. The van der Waals surface area contributed by atoms with Gasteiger partial charge in [-0.3, -0.25) is 4.79 Å². The molecule has 2 atom stereocenters. The molecular weight excluding hydrogens is 384 g/mol. The summed E-state index contributed by atoms with van der Waals surface area (Å²) in [5.41, 5.74) is 5.40. The first-order chi connectivity index (χ1) is 12.2. The largest absolute Gasteiger partial charge is 0.480 e. The number of urea groups is 1. The van der Waals surface area contributed by atoms with Crippen molar-refractivity contribution in [2.24, 2.45) is 17.6 Å². The molecule has 9 heteroatoms. The van der Waals surface area contributed by atoms with E-state index >= 15 is 0 Å². The molecule has 0 saturated heterocycles. The summed E-state index contributed by atoms with van der Waals surface area (Å²) in [6.07, 6.45) is 2.94. The predicted molar refractivity (Wildman–Crippen MR) is 116 cm³/mol. The summed E-state index contributed by atoms with van der Waals surface area (Å²) in [5.74, 6) is -0.667. The second-order valence-corrected chi connectivity index (χ2v) is 7.45. The van der Waals surface area contributed by atoms with Gasteiger partial charge < -0.3 is 26.8 Å². The van der Waals surface area contributed by atoms with Crippen LogP contribution in [0.5, 0.6) is 0 Å². The van der Waals surface area contributed by atoms with E-state index in [1.807, 2.05) is 13.8 Å². The maximum absolute atomic E-state index is 12.3. The van der Waals surface area contributed by atoms with Crippen molar-refractivity contribution in [3.8, 4) is 0 Å². The van der Waals surface area contributed by atoms with Crippen molar-refractivity contribution >= 4 is 30.3 Å². The Morgan fingerprint density at radius 2 is 1.50 bits per heavy atom. The van der Waals surface area contributed by atoms with Crippen LogP contribution < -0.4 is 21.7 Å². The zero-order valence-electron chi connectivity index (χ0n) is 16.9. The molecule has 0 aliphatic carbocycles. The zero-order chi connectivity index (χ0) is 20.1. The summed E-state index contributed by atoms with van der Waals surface area (Å²) in [7, 11) is 0. The topological polar surface area (TPSA) is 134 Å². The molecule has 0 aromatic carbocycles. The number of halogens is 1. The van der Waals surface area contributed by atoms with E-state index in [4.69, 9.17) is 5.73 Å². The summed E-state index contributed by atoms with van der Waals surface area (Å²) < 4.78 is 0. The second-order valence-electron chi connectivity index (χ2n) is 7.45. The van der Waals surface area contributed by atoms with Crippen molar-refractivity contribution < 1.29 is 19.5 Å². The Labute approximate surface area is 176 Å². The Hall–Kier alpha value is -1.54. The van der Waals surface area contributed by atoms with Crippen LogP contribution in [0.1, 0.15) is 67.2 Å². The van der Waals surface area contributed by atoms with Crippen molar-refractivity contribution in [3.63, 3.8) is 0 Å². The highest BCUT2D eigenvalue weighted by Gasteiger charge is 2.25. The van der Waals surface area contributed by atoms with E-state index in [9.17, 15) is 19.5 Å². The van der Waals surface area contributed by atoms with E-state index in [0.29, 0.717) is 44.7 Å². The number of hydrogen-bond acceptors (Lipinski definition) is 4. The molecule has 6 N–H and O–H groups in total. The van der Waals surface area contributed by atoms with Gasteiger partial charge in [-0.2, -0.15) is 0 Å². The Bertz CT molecular complexity index is 448. The number of hydrogen-bond donors (Lipinski definition) is 5. The number of carbonyl (C=O) groups excluding carboxylic acids is 2.